The van der Waals surface area contributed by atoms with E-state index in [1.807, 2.05) is 45.0 Å². The molecule has 1 N–H and O–H groups in total. The highest BCUT2D eigenvalue weighted by molar-refractivity contribution is 6.08. The Kier molecular flexibility index (Phi) is 5.40. The number of ketones is 1. The number of anilines is 1. The second kappa shape index (κ2) is 8.14. The molecule has 1 aromatic heterocycles. The van der Waals surface area contributed by atoms with Gasteiger partial charge in [-0.25, -0.2) is 4.68 Å². The molecule has 4 rings (SSSR count). The van der Waals surface area contributed by atoms with E-state index in [1.54, 1.807) is 28.9 Å². The molecule has 3 aromatic rings. The van der Waals surface area contributed by atoms with Gasteiger partial charge in [0.2, 0.25) is 5.91 Å². The predicted octanol–water partition coefficient (Wildman–Crippen LogP) is 4.59. The van der Waals surface area contributed by atoms with Crippen molar-refractivity contribution in [3.05, 3.63) is 70.9 Å². The van der Waals surface area contributed by atoms with Crippen LogP contribution in [0.4, 0.5) is 5.82 Å². The van der Waals surface area contributed by atoms with E-state index in [-0.39, 0.29) is 18.1 Å². The van der Waals surface area contributed by atoms with Crippen molar-refractivity contribution in [2.24, 2.45) is 0 Å². The Labute approximate surface area is 175 Å². The fourth-order valence-electron chi connectivity index (χ4n) is 3.78. The minimum absolute atomic E-state index is 0.0836. The molecule has 30 heavy (non-hydrogen) atoms. The van der Waals surface area contributed by atoms with Crippen LogP contribution in [0.25, 0.3) is 5.69 Å². The van der Waals surface area contributed by atoms with Gasteiger partial charge in [0.05, 0.1) is 23.9 Å². The average molecular weight is 403 g/mol. The molecule has 0 unspecified atom stereocenters. The number of amides is 1. The van der Waals surface area contributed by atoms with Crippen molar-refractivity contribution in [2.45, 2.75) is 39.5 Å². The van der Waals surface area contributed by atoms with Gasteiger partial charge < -0.3 is 10.1 Å². The highest BCUT2D eigenvalue weighted by atomic mass is 16.5. The van der Waals surface area contributed by atoms with Crippen molar-refractivity contribution in [2.75, 3.05) is 11.9 Å². The lowest BCUT2D eigenvalue weighted by Crippen LogP contribution is -2.28. The Balaban J connectivity index is 1.69. The van der Waals surface area contributed by atoms with Crippen LogP contribution in [-0.2, 0) is 4.79 Å². The third-order valence-corrected chi connectivity index (χ3v) is 5.31. The van der Waals surface area contributed by atoms with E-state index in [0.717, 1.165) is 34.7 Å². The quantitative estimate of drug-likeness (QED) is 0.611. The van der Waals surface area contributed by atoms with Crippen LogP contribution in [0.2, 0.25) is 0 Å². The van der Waals surface area contributed by atoms with Crippen molar-refractivity contribution in [1.29, 1.82) is 0 Å². The zero-order chi connectivity index (χ0) is 21.3. The summed E-state index contributed by atoms with van der Waals surface area (Å²) in [6, 6.07) is 15.0. The molecule has 1 amide bonds. The normalized spacial score (nSPS) is 15.4. The molecular formula is C24H25N3O3. The Morgan fingerprint density at radius 3 is 2.50 bits per heavy atom. The molecule has 0 saturated carbocycles. The molecule has 1 aliphatic rings. The molecule has 2 aromatic carbocycles. The fraction of sp³-hybridized carbons (Fsp3) is 0.292. The van der Waals surface area contributed by atoms with Gasteiger partial charge in [-0.2, -0.15) is 5.10 Å². The highest BCUT2D eigenvalue weighted by Gasteiger charge is 2.36. The van der Waals surface area contributed by atoms with Crippen LogP contribution in [0.15, 0.2) is 48.5 Å². The lowest BCUT2D eigenvalue weighted by atomic mass is 9.85. The van der Waals surface area contributed by atoms with E-state index in [0.29, 0.717) is 18.0 Å². The largest absolute Gasteiger partial charge is 0.494 e. The van der Waals surface area contributed by atoms with E-state index >= 15 is 0 Å². The van der Waals surface area contributed by atoms with Crippen molar-refractivity contribution in [3.63, 3.8) is 0 Å². The van der Waals surface area contributed by atoms with Crippen molar-refractivity contribution >= 4 is 17.5 Å². The number of hydrogen-bond donors (Lipinski definition) is 1. The number of benzene rings is 2. The first-order valence-electron chi connectivity index (χ1n) is 10.2. The Hall–Kier alpha value is -3.41. The molecule has 1 atom stereocenters. The molecule has 154 valence electrons. The number of Topliss-reactive ketones (excluding diaryl/α,β-unsaturated/α-hetero) is 1. The molecule has 2 heterocycles. The number of carbonyl (C=O) groups is 2. The number of rotatable bonds is 6. The van der Waals surface area contributed by atoms with E-state index in [9.17, 15) is 9.59 Å². The summed E-state index contributed by atoms with van der Waals surface area (Å²) in [6.45, 7) is 6.57. The van der Waals surface area contributed by atoms with Gasteiger partial charge in [-0.15, -0.1) is 0 Å². The van der Waals surface area contributed by atoms with Crippen LogP contribution in [-0.4, -0.2) is 28.1 Å². The zero-order valence-corrected chi connectivity index (χ0v) is 17.4. The first kappa shape index (κ1) is 19.9. The third-order valence-electron chi connectivity index (χ3n) is 5.31. The fourth-order valence-corrected chi connectivity index (χ4v) is 3.78. The summed E-state index contributed by atoms with van der Waals surface area (Å²) < 4.78 is 7.31. The number of ether oxygens (including phenoxy) is 1. The van der Waals surface area contributed by atoms with Gasteiger partial charge in [-0.3, -0.25) is 9.59 Å². The summed E-state index contributed by atoms with van der Waals surface area (Å²) in [5.74, 6) is 0.486. The van der Waals surface area contributed by atoms with Gasteiger partial charge >= 0.3 is 0 Å². The molecule has 0 saturated heterocycles. The summed E-state index contributed by atoms with van der Waals surface area (Å²) in [5.41, 5.74) is 4.07. The van der Waals surface area contributed by atoms with Crippen molar-refractivity contribution < 1.29 is 14.3 Å². The smallest absolute Gasteiger partial charge is 0.226 e. The lowest BCUT2D eigenvalue weighted by Gasteiger charge is -2.23. The van der Waals surface area contributed by atoms with Crippen LogP contribution in [0, 0.1) is 13.8 Å². The first-order valence-corrected chi connectivity index (χ1v) is 10.2. The predicted molar refractivity (Wildman–Crippen MR) is 116 cm³/mol. The summed E-state index contributed by atoms with van der Waals surface area (Å²) in [5, 5.41) is 7.55. The summed E-state index contributed by atoms with van der Waals surface area (Å²) >= 11 is 0. The summed E-state index contributed by atoms with van der Waals surface area (Å²) in [6.07, 6.45) is 1.03. The summed E-state index contributed by atoms with van der Waals surface area (Å²) in [4.78, 5) is 25.8. The maximum atomic E-state index is 13.3. The average Bonchev–Trinajstić information content (AvgIpc) is 3.08. The number of carbonyl (C=O) groups excluding carboxylic acids is 2. The van der Waals surface area contributed by atoms with Crippen LogP contribution >= 0.6 is 0 Å². The topological polar surface area (TPSA) is 73.2 Å². The van der Waals surface area contributed by atoms with E-state index in [1.165, 1.54) is 0 Å². The van der Waals surface area contributed by atoms with Crippen LogP contribution in [0.3, 0.4) is 0 Å². The number of nitrogens with one attached hydrogen (secondary N) is 1. The third kappa shape index (κ3) is 3.73. The highest BCUT2D eigenvalue weighted by Crippen LogP contribution is 2.38. The van der Waals surface area contributed by atoms with E-state index < -0.39 is 5.92 Å². The number of hydrogen-bond acceptors (Lipinski definition) is 4. The van der Waals surface area contributed by atoms with Crippen LogP contribution in [0.5, 0.6) is 5.75 Å². The van der Waals surface area contributed by atoms with E-state index in [4.69, 9.17) is 4.74 Å². The van der Waals surface area contributed by atoms with Crippen molar-refractivity contribution in [1.82, 2.24) is 9.78 Å². The first-order chi connectivity index (χ1) is 14.5. The van der Waals surface area contributed by atoms with Gasteiger partial charge in [0.15, 0.2) is 5.78 Å². The molecule has 1 aliphatic heterocycles. The second-order valence-corrected chi connectivity index (χ2v) is 7.64. The molecule has 0 bridgehead atoms. The molecule has 0 radical (unpaired) electrons. The second-order valence-electron chi connectivity index (χ2n) is 7.64. The minimum Gasteiger partial charge on any atom is -0.494 e. The standard InChI is InChI=1S/C24H25N3O3/c1-4-13-30-19-11-7-17(8-12-19)23(29)20-14-21(28)25-24-22(20)16(3)26-27(24)18-9-5-15(2)6-10-18/h5-12,20H,4,13-14H2,1-3H3,(H,25,28)/t20-/m0/s1. The molecule has 6 heteroatoms. The monoisotopic (exact) mass is 403 g/mol. The molecular weight excluding hydrogens is 378 g/mol. The van der Waals surface area contributed by atoms with Crippen molar-refractivity contribution in [3.8, 4) is 11.4 Å². The minimum atomic E-state index is -0.560. The van der Waals surface area contributed by atoms with Gasteiger partial charge in [0.25, 0.3) is 0 Å². The molecule has 0 spiro atoms. The van der Waals surface area contributed by atoms with E-state index in [2.05, 4.69) is 10.4 Å². The Morgan fingerprint density at radius 1 is 1.13 bits per heavy atom. The Bertz CT molecular complexity index is 1080. The van der Waals surface area contributed by atoms with Gasteiger partial charge in [-0.05, 0) is 56.7 Å². The summed E-state index contributed by atoms with van der Waals surface area (Å²) in [7, 11) is 0. The number of aryl methyl sites for hydroxylation is 2. The SMILES string of the molecule is CCCOc1ccc(C(=O)[C@H]2CC(=O)Nc3c2c(C)nn3-c2ccc(C)cc2)cc1. The maximum absolute atomic E-state index is 13.3. The zero-order valence-electron chi connectivity index (χ0n) is 17.4. The molecule has 6 nitrogen and oxygen atoms in total. The van der Waals surface area contributed by atoms with Gasteiger partial charge in [0, 0.05) is 17.5 Å². The Morgan fingerprint density at radius 2 is 1.83 bits per heavy atom. The number of aromatic nitrogens is 2. The van der Waals surface area contributed by atoms with Gasteiger partial charge in [-0.1, -0.05) is 24.6 Å². The molecule has 0 fully saturated rings. The van der Waals surface area contributed by atoms with Gasteiger partial charge in [0.1, 0.15) is 11.6 Å². The molecule has 0 aliphatic carbocycles. The van der Waals surface area contributed by atoms with Crippen LogP contribution < -0.4 is 10.1 Å². The number of fused-ring (bicyclic) bond motifs is 1. The maximum Gasteiger partial charge on any atom is 0.226 e. The van der Waals surface area contributed by atoms with Crippen LogP contribution in [0.1, 0.15) is 52.9 Å². The number of nitrogens with zero attached hydrogens (tertiary/aromatic N) is 2. The lowest BCUT2D eigenvalue weighted by molar-refractivity contribution is -0.116.